The second-order valence-electron chi connectivity index (χ2n) is 13.9. The summed E-state index contributed by atoms with van der Waals surface area (Å²) < 4.78 is 4.79. The molecule has 0 N–H and O–H groups in total. The van der Waals surface area contributed by atoms with Crippen LogP contribution in [-0.4, -0.2) is 14.1 Å². The molecular formula is C49H29N3. The van der Waals surface area contributed by atoms with Crippen LogP contribution in [-0.2, 0) is 0 Å². The highest BCUT2D eigenvalue weighted by molar-refractivity contribution is 6.20. The van der Waals surface area contributed by atoms with Crippen molar-refractivity contribution in [1.29, 1.82) is 0 Å². The molecule has 0 radical (unpaired) electrons. The summed E-state index contributed by atoms with van der Waals surface area (Å²) in [6, 6.07) is 62.0. The van der Waals surface area contributed by atoms with E-state index < -0.39 is 0 Å². The van der Waals surface area contributed by atoms with E-state index in [4.69, 9.17) is 4.98 Å². The van der Waals surface area contributed by atoms with Crippen LogP contribution in [0.1, 0.15) is 0 Å². The number of hydrogen-bond acceptors (Lipinski definition) is 1. The number of aromatic nitrogens is 3. The molecule has 0 fully saturated rings. The van der Waals surface area contributed by atoms with Crippen LogP contribution in [0.5, 0.6) is 0 Å². The number of fused-ring (bicyclic) bond motifs is 11. The van der Waals surface area contributed by atoms with Crippen LogP contribution in [0.15, 0.2) is 176 Å². The van der Waals surface area contributed by atoms with E-state index in [0.29, 0.717) is 0 Å². The number of rotatable bonds is 3. The summed E-state index contributed by atoms with van der Waals surface area (Å²) in [7, 11) is 0. The van der Waals surface area contributed by atoms with Crippen LogP contribution in [0.3, 0.4) is 0 Å². The normalized spacial score (nSPS) is 12.2. The van der Waals surface area contributed by atoms with Gasteiger partial charge in [-0.25, -0.2) is 4.98 Å². The van der Waals surface area contributed by atoms with Crippen LogP contribution < -0.4 is 0 Å². The molecule has 0 amide bonds. The van der Waals surface area contributed by atoms with E-state index in [2.05, 4.69) is 185 Å². The third-order valence-electron chi connectivity index (χ3n) is 11.3. The Hall–Kier alpha value is -6.97. The first-order valence-corrected chi connectivity index (χ1v) is 17.9. The van der Waals surface area contributed by atoms with Crippen molar-refractivity contribution in [2.75, 3.05) is 0 Å². The third-order valence-corrected chi connectivity index (χ3v) is 11.3. The summed E-state index contributed by atoms with van der Waals surface area (Å²) in [5.41, 5.74) is 13.4. The summed E-state index contributed by atoms with van der Waals surface area (Å²) in [5.74, 6) is 0.967. The topological polar surface area (TPSA) is 22.8 Å². The van der Waals surface area contributed by atoms with Crippen LogP contribution in [0.2, 0.25) is 0 Å². The zero-order valence-corrected chi connectivity index (χ0v) is 28.1. The molecule has 52 heavy (non-hydrogen) atoms. The maximum absolute atomic E-state index is 5.21. The van der Waals surface area contributed by atoms with Crippen LogP contribution in [0.4, 0.5) is 0 Å². The van der Waals surface area contributed by atoms with Gasteiger partial charge in [-0.15, -0.1) is 0 Å². The fraction of sp³-hybridized carbons (Fsp3) is 0. The zero-order chi connectivity index (χ0) is 33.9. The maximum atomic E-state index is 5.21. The van der Waals surface area contributed by atoms with Gasteiger partial charge in [0.25, 0.3) is 0 Å². The van der Waals surface area contributed by atoms with Gasteiger partial charge in [0.1, 0.15) is 5.82 Å². The van der Waals surface area contributed by atoms with Crippen LogP contribution >= 0.6 is 0 Å². The summed E-state index contributed by atoms with van der Waals surface area (Å²) in [6.45, 7) is 0. The molecule has 0 atom stereocenters. The van der Waals surface area contributed by atoms with Crippen molar-refractivity contribution >= 4 is 65.2 Å². The molecule has 12 rings (SSSR count). The Labute approximate surface area is 299 Å². The highest BCUT2D eigenvalue weighted by Gasteiger charge is 2.25. The van der Waals surface area contributed by atoms with Crippen molar-refractivity contribution in [3.63, 3.8) is 0 Å². The third kappa shape index (κ3) is 3.66. The van der Waals surface area contributed by atoms with E-state index in [-0.39, 0.29) is 0 Å². The predicted molar refractivity (Wildman–Crippen MR) is 218 cm³/mol. The first-order valence-electron chi connectivity index (χ1n) is 17.9. The zero-order valence-electron chi connectivity index (χ0n) is 28.1. The number of nitrogens with zero attached hydrogens (tertiary/aromatic N) is 3. The van der Waals surface area contributed by atoms with Gasteiger partial charge in [0.05, 0.1) is 22.1 Å². The predicted octanol–water partition coefficient (Wildman–Crippen LogP) is 12.9. The number of para-hydroxylation sites is 2. The molecule has 3 heteroatoms. The summed E-state index contributed by atoms with van der Waals surface area (Å²) in [5, 5.41) is 9.92. The van der Waals surface area contributed by atoms with Crippen molar-refractivity contribution in [2.45, 2.75) is 0 Å². The monoisotopic (exact) mass is 659 g/mol. The second-order valence-corrected chi connectivity index (χ2v) is 13.9. The molecule has 0 unspecified atom stereocenters. The minimum atomic E-state index is 0.967. The lowest BCUT2D eigenvalue weighted by atomic mass is 10.00. The number of benzene rings is 8. The molecule has 0 aliphatic heterocycles. The Morgan fingerprint density at radius 2 is 0.981 bits per heavy atom. The lowest BCUT2D eigenvalue weighted by molar-refractivity contribution is 1.10. The fourth-order valence-corrected chi connectivity index (χ4v) is 9.03. The lowest BCUT2D eigenvalue weighted by Gasteiger charge is -2.12. The van der Waals surface area contributed by atoms with Crippen molar-refractivity contribution in [1.82, 2.24) is 14.1 Å². The molecule has 8 aromatic carbocycles. The minimum absolute atomic E-state index is 0.967. The Balaban J connectivity index is 1.08. The van der Waals surface area contributed by atoms with Crippen molar-refractivity contribution in [3.05, 3.63) is 176 Å². The van der Waals surface area contributed by atoms with Gasteiger partial charge >= 0.3 is 0 Å². The highest BCUT2D eigenvalue weighted by Crippen LogP contribution is 2.48. The van der Waals surface area contributed by atoms with Gasteiger partial charge in [-0.2, -0.15) is 0 Å². The molecule has 3 nitrogen and oxygen atoms in total. The van der Waals surface area contributed by atoms with Gasteiger partial charge in [0, 0.05) is 55.2 Å². The summed E-state index contributed by atoms with van der Waals surface area (Å²) >= 11 is 0. The Kier molecular flexibility index (Phi) is 5.50. The van der Waals surface area contributed by atoms with E-state index in [1.54, 1.807) is 0 Å². The fourth-order valence-electron chi connectivity index (χ4n) is 9.03. The maximum Gasteiger partial charge on any atom is 0.145 e. The Bertz CT molecular complexity index is 3260. The molecule has 11 aromatic rings. The lowest BCUT2D eigenvalue weighted by Crippen LogP contribution is -1.99. The second kappa shape index (κ2) is 10.3. The smallest absolute Gasteiger partial charge is 0.145 e. The number of pyridine rings is 1. The first kappa shape index (κ1) is 27.8. The molecule has 0 saturated heterocycles. The van der Waals surface area contributed by atoms with Gasteiger partial charge < -0.3 is 4.57 Å². The average molecular weight is 660 g/mol. The molecule has 3 heterocycles. The van der Waals surface area contributed by atoms with E-state index >= 15 is 0 Å². The van der Waals surface area contributed by atoms with Crippen LogP contribution in [0, 0.1) is 0 Å². The van der Waals surface area contributed by atoms with Gasteiger partial charge in [-0.3, -0.25) is 4.57 Å². The average Bonchev–Trinajstić information content (AvgIpc) is 3.85. The van der Waals surface area contributed by atoms with Crippen molar-refractivity contribution < 1.29 is 0 Å². The number of hydrogen-bond donors (Lipinski definition) is 0. The highest BCUT2D eigenvalue weighted by atomic mass is 15.1. The minimum Gasteiger partial charge on any atom is -0.309 e. The molecule has 3 aromatic heterocycles. The van der Waals surface area contributed by atoms with Gasteiger partial charge in [0.15, 0.2) is 0 Å². The molecule has 1 aliphatic rings. The molecular weight excluding hydrogens is 631 g/mol. The molecule has 240 valence electrons. The summed E-state index contributed by atoms with van der Waals surface area (Å²) in [6.07, 6.45) is 2.08. The van der Waals surface area contributed by atoms with Crippen molar-refractivity contribution in [2.24, 2.45) is 0 Å². The van der Waals surface area contributed by atoms with Gasteiger partial charge in [-0.05, 0) is 75.7 Å². The standard InChI is InChI=1S/C49H29N3/c1-2-12-33(13-3-1)51-45-25-22-32(28-42(45)39-24-21-30-11-4-5-14-34(30)48(39)51)31-23-26-46-41(27-31)37-17-8-9-20-44(37)52(46)49-40-19-10-18-38-35-15-6-7-16-36(35)43(29-50-49)47(38)40/h1-29H. The molecule has 0 saturated carbocycles. The van der Waals surface area contributed by atoms with E-state index in [1.807, 2.05) is 0 Å². The molecule has 0 spiro atoms. The van der Waals surface area contributed by atoms with E-state index in [9.17, 15) is 0 Å². The SMILES string of the molecule is c1ccc(-n2c3ccc(-c4ccc5c(c4)c4ccccc4n5-c4ncc5c6c(cccc46)-c4ccccc4-5)cc3c3ccc4ccccc4c32)cc1. The Morgan fingerprint density at radius 1 is 0.365 bits per heavy atom. The van der Waals surface area contributed by atoms with Gasteiger partial charge in [0.2, 0.25) is 0 Å². The van der Waals surface area contributed by atoms with E-state index in [0.717, 1.165) is 16.9 Å². The molecule has 0 bridgehead atoms. The van der Waals surface area contributed by atoms with Crippen LogP contribution in [0.25, 0.3) is 110 Å². The Morgan fingerprint density at radius 3 is 1.81 bits per heavy atom. The van der Waals surface area contributed by atoms with E-state index in [1.165, 1.54) is 93.2 Å². The molecule has 1 aliphatic carbocycles. The largest absolute Gasteiger partial charge is 0.309 e. The first-order chi connectivity index (χ1) is 25.8. The van der Waals surface area contributed by atoms with Gasteiger partial charge in [-0.1, -0.05) is 127 Å². The quantitative estimate of drug-likeness (QED) is 0.185. The van der Waals surface area contributed by atoms with Crippen molar-refractivity contribution in [3.8, 4) is 44.9 Å². The summed E-state index contributed by atoms with van der Waals surface area (Å²) in [4.78, 5) is 5.21.